The topological polar surface area (TPSA) is 113 Å². The minimum absolute atomic E-state index is 0.0235. The van der Waals surface area contributed by atoms with Gasteiger partial charge in [0.25, 0.3) is 0 Å². The van der Waals surface area contributed by atoms with Gasteiger partial charge in [0.2, 0.25) is 5.91 Å². The zero-order valence-electron chi connectivity index (χ0n) is 20.1. The third kappa shape index (κ3) is 6.83. The SMILES string of the molecule is O=C(O)[C@@H](CC[S@@](=O)c1ccccc1)NC(=O)[C@@H]1Cc2ccccc2CN1C(=O)OCc1ccccc1. The molecule has 3 aromatic rings. The van der Waals surface area contributed by atoms with Crippen molar-refractivity contribution in [1.29, 1.82) is 0 Å². The molecule has 1 aliphatic heterocycles. The highest BCUT2D eigenvalue weighted by Crippen LogP contribution is 2.25. The van der Waals surface area contributed by atoms with E-state index in [1.807, 2.05) is 54.6 Å². The second-order valence-electron chi connectivity index (χ2n) is 8.71. The summed E-state index contributed by atoms with van der Waals surface area (Å²) in [5, 5.41) is 12.3. The number of carboxylic acids is 1. The lowest BCUT2D eigenvalue weighted by molar-refractivity contribution is -0.142. The largest absolute Gasteiger partial charge is 0.480 e. The molecule has 37 heavy (non-hydrogen) atoms. The maximum Gasteiger partial charge on any atom is 0.411 e. The van der Waals surface area contributed by atoms with E-state index in [0.717, 1.165) is 16.7 Å². The van der Waals surface area contributed by atoms with Crippen LogP contribution in [-0.2, 0) is 44.7 Å². The summed E-state index contributed by atoms with van der Waals surface area (Å²) in [5.74, 6) is -1.76. The van der Waals surface area contributed by atoms with Crippen molar-refractivity contribution in [2.75, 3.05) is 5.75 Å². The van der Waals surface area contributed by atoms with Gasteiger partial charge in [-0.15, -0.1) is 0 Å². The molecule has 2 amide bonds. The van der Waals surface area contributed by atoms with Gasteiger partial charge in [0.15, 0.2) is 0 Å². The number of hydrogen-bond donors (Lipinski definition) is 2. The van der Waals surface area contributed by atoms with E-state index in [4.69, 9.17) is 4.74 Å². The molecule has 0 radical (unpaired) electrons. The van der Waals surface area contributed by atoms with Crippen molar-refractivity contribution in [2.24, 2.45) is 0 Å². The van der Waals surface area contributed by atoms with E-state index in [1.54, 1.807) is 30.3 Å². The standard InChI is InChI=1S/C28H28N2O6S/c31-26(29-24(27(32)33)15-16-37(35)23-13-5-2-6-14-23)25-17-21-11-7-8-12-22(21)18-30(25)28(34)36-19-20-9-3-1-4-10-20/h1-14,24-25H,15-19H2,(H,29,31)(H,32,33)/t24-,25+,37-/m1/s1. The van der Waals surface area contributed by atoms with Crippen molar-refractivity contribution < 1.29 is 28.4 Å². The molecule has 4 rings (SSSR count). The van der Waals surface area contributed by atoms with Gasteiger partial charge in [0, 0.05) is 17.1 Å². The number of carbonyl (C=O) groups is 3. The molecule has 1 heterocycles. The van der Waals surface area contributed by atoms with Crippen LogP contribution >= 0.6 is 0 Å². The number of nitrogens with zero attached hydrogens (tertiary/aromatic N) is 1. The predicted octanol–water partition coefficient (Wildman–Crippen LogP) is 3.52. The van der Waals surface area contributed by atoms with Crippen LogP contribution in [0.4, 0.5) is 4.79 Å². The first-order chi connectivity index (χ1) is 17.9. The number of rotatable bonds is 9. The van der Waals surface area contributed by atoms with Crippen LogP contribution in [0.25, 0.3) is 0 Å². The Morgan fingerprint density at radius 3 is 2.24 bits per heavy atom. The average molecular weight is 521 g/mol. The number of aliphatic carboxylic acids is 1. The Morgan fingerprint density at radius 2 is 1.57 bits per heavy atom. The number of ether oxygens (including phenoxy) is 1. The van der Waals surface area contributed by atoms with E-state index in [-0.39, 0.29) is 31.7 Å². The molecular formula is C28H28N2O6S. The number of amides is 2. The molecule has 8 nitrogen and oxygen atoms in total. The number of hydrogen-bond acceptors (Lipinski definition) is 5. The average Bonchev–Trinajstić information content (AvgIpc) is 2.93. The second kappa shape index (κ2) is 12.3. The fraction of sp³-hybridized carbons (Fsp3) is 0.250. The maximum atomic E-state index is 13.3. The third-order valence-corrected chi connectivity index (χ3v) is 7.61. The van der Waals surface area contributed by atoms with Crippen LogP contribution in [0.5, 0.6) is 0 Å². The van der Waals surface area contributed by atoms with Crippen LogP contribution in [0.15, 0.2) is 89.8 Å². The normalized spacial score (nSPS) is 16.2. The fourth-order valence-electron chi connectivity index (χ4n) is 4.19. The highest BCUT2D eigenvalue weighted by atomic mass is 32.2. The monoisotopic (exact) mass is 520 g/mol. The van der Waals surface area contributed by atoms with Crippen LogP contribution in [0.2, 0.25) is 0 Å². The number of fused-ring (bicyclic) bond motifs is 1. The molecule has 0 aliphatic carbocycles. The second-order valence-corrected chi connectivity index (χ2v) is 10.3. The van der Waals surface area contributed by atoms with Gasteiger partial charge < -0.3 is 15.2 Å². The lowest BCUT2D eigenvalue weighted by atomic mass is 9.93. The van der Waals surface area contributed by atoms with Gasteiger partial charge in [-0.25, -0.2) is 9.59 Å². The molecule has 0 bridgehead atoms. The lowest BCUT2D eigenvalue weighted by Crippen LogP contribution is -2.55. The van der Waals surface area contributed by atoms with Gasteiger partial charge in [-0.2, -0.15) is 0 Å². The first-order valence-corrected chi connectivity index (χ1v) is 13.2. The number of carbonyl (C=O) groups excluding carboxylic acids is 2. The highest BCUT2D eigenvalue weighted by molar-refractivity contribution is 7.85. The molecule has 3 atom stereocenters. The zero-order chi connectivity index (χ0) is 26.2. The minimum atomic E-state index is -1.40. The van der Waals surface area contributed by atoms with E-state index in [2.05, 4.69) is 5.32 Å². The molecule has 2 N–H and O–H groups in total. The van der Waals surface area contributed by atoms with Crippen molar-refractivity contribution in [2.45, 2.75) is 43.0 Å². The van der Waals surface area contributed by atoms with E-state index >= 15 is 0 Å². The summed E-state index contributed by atoms with van der Waals surface area (Å²) in [7, 11) is -1.40. The number of benzene rings is 3. The Labute approximate surface area is 217 Å². The molecule has 3 aromatic carbocycles. The Hall–Kier alpha value is -3.98. The first-order valence-electron chi connectivity index (χ1n) is 11.9. The molecule has 192 valence electrons. The van der Waals surface area contributed by atoms with Gasteiger partial charge in [-0.1, -0.05) is 72.8 Å². The molecule has 0 saturated heterocycles. The van der Waals surface area contributed by atoms with E-state index in [9.17, 15) is 23.7 Å². The van der Waals surface area contributed by atoms with Crippen molar-refractivity contribution in [1.82, 2.24) is 10.2 Å². The molecule has 0 spiro atoms. The summed E-state index contributed by atoms with van der Waals surface area (Å²) < 4.78 is 18.1. The van der Waals surface area contributed by atoms with Crippen molar-refractivity contribution in [3.8, 4) is 0 Å². The van der Waals surface area contributed by atoms with Crippen molar-refractivity contribution in [3.63, 3.8) is 0 Å². The highest BCUT2D eigenvalue weighted by Gasteiger charge is 2.37. The van der Waals surface area contributed by atoms with Crippen LogP contribution in [0.1, 0.15) is 23.1 Å². The van der Waals surface area contributed by atoms with E-state index in [0.29, 0.717) is 4.90 Å². The van der Waals surface area contributed by atoms with Crippen LogP contribution in [0.3, 0.4) is 0 Å². The molecule has 0 fully saturated rings. The quantitative estimate of drug-likeness (QED) is 0.447. The Kier molecular flexibility index (Phi) is 8.68. The van der Waals surface area contributed by atoms with Crippen molar-refractivity contribution >= 4 is 28.8 Å². The smallest absolute Gasteiger partial charge is 0.411 e. The van der Waals surface area contributed by atoms with Gasteiger partial charge >= 0.3 is 12.1 Å². The summed E-state index contributed by atoms with van der Waals surface area (Å²) in [6.45, 7) is 0.215. The summed E-state index contributed by atoms with van der Waals surface area (Å²) >= 11 is 0. The maximum absolute atomic E-state index is 13.3. The molecule has 9 heteroatoms. The zero-order valence-corrected chi connectivity index (χ0v) is 20.9. The molecule has 0 unspecified atom stereocenters. The molecular weight excluding hydrogens is 492 g/mol. The Balaban J connectivity index is 1.46. The molecule has 0 saturated carbocycles. The molecule has 0 aromatic heterocycles. The van der Waals surface area contributed by atoms with Gasteiger partial charge in [0.05, 0.1) is 17.3 Å². The van der Waals surface area contributed by atoms with Crippen LogP contribution in [-0.4, -0.2) is 50.0 Å². The summed E-state index contributed by atoms with van der Waals surface area (Å²) in [5.41, 5.74) is 2.62. The van der Waals surface area contributed by atoms with Crippen molar-refractivity contribution in [3.05, 3.63) is 102 Å². The number of carboxylic acid groups (broad SMARTS) is 1. The van der Waals surface area contributed by atoms with E-state index in [1.165, 1.54) is 4.90 Å². The number of nitrogens with one attached hydrogen (secondary N) is 1. The lowest BCUT2D eigenvalue weighted by Gasteiger charge is -2.35. The van der Waals surface area contributed by atoms with Gasteiger partial charge in [-0.05, 0) is 35.2 Å². The van der Waals surface area contributed by atoms with Crippen LogP contribution < -0.4 is 5.32 Å². The third-order valence-electron chi connectivity index (χ3n) is 6.20. The first kappa shape index (κ1) is 26.1. The summed E-state index contributed by atoms with van der Waals surface area (Å²) in [4.78, 5) is 40.2. The van der Waals surface area contributed by atoms with Gasteiger partial charge in [-0.3, -0.25) is 13.9 Å². The fourth-order valence-corrected chi connectivity index (χ4v) is 5.34. The van der Waals surface area contributed by atoms with Crippen LogP contribution in [0, 0.1) is 0 Å². The Bertz CT molecular complexity index is 1270. The predicted molar refractivity (Wildman–Crippen MR) is 138 cm³/mol. The minimum Gasteiger partial charge on any atom is -0.480 e. The summed E-state index contributed by atoms with van der Waals surface area (Å²) in [6.07, 6.45) is -0.453. The summed E-state index contributed by atoms with van der Waals surface area (Å²) in [6, 6.07) is 23.3. The molecule has 1 aliphatic rings. The Morgan fingerprint density at radius 1 is 0.946 bits per heavy atom. The van der Waals surface area contributed by atoms with Gasteiger partial charge in [0.1, 0.15) is 18.7 Å². The van der Waals surface area contributed by atoms with E-state index < -0.39 is 40.9 Å².